The van der Waals surface area contributed by atoms with Crippen LogP contribution in [0.5, 0.6) is 11.5 Å². The molecule has 190 valence electrons. The van der Waals surface area contributed by atoms with Gasteiger partial charge in [-0.15, -0.1) is 0 Å². The van der Waals surface area contributed by atoms with Crippen molar-refractivity contribution in [2.45, 2.75) is 31.4 Å². The molecular formula is C31H30FNO4. The van der Waals surface area contributed by atoms with Crippen LogP contribution in [0.25, 0.3) is 10.8 Å². The zero-order chi connectivity index (χ0) is 25.8. The van der Waals surface area contributed by atoms with E-state index in [2.05, 4.69) is 53.4 Å². The van der Waals surface area contributed by atoms with E-state index >= 15 is 4.39 Å². The third kappa shape index (κ3) is 5.44. The number of rotatable bonds is 8. The minimum Gasteiger partial charge on any atom is -0.489 e. The zero-order valence-electron chi connectivity index (χ0n) is 20.9. The van der Waals surface area contributed by atoms with Crippen LogP contribution in [0.15, 0.2) is 84.9 Å². The summed E-state index contributed by atoms with van der Waals surface area (Å²) in [5.41, 5.74) is 2.68. The number of para-hydroxylation sites is 1. The molecule has 0 aliphatic carbocycles. The van der Waals surface area contributed by atoms with E-state index in [0.717, 1.165) is 11.3 Å². The Morgan fingerprint density at radius 2 is 1.81 bits per heavy atom. The summed E-state index contributed by atoms with van der Waals surface area (Å²) in [6.07, 6.45) is 0.445. The first-order valence-electron chi connectivity index (χ1n) is 12.5. The van der Waals surface area contributed by atoms with Crippen molar-refractivity contribution in [3.05, 3.63) is 107 Å². The van der Waals surface area contributed by atoms with Gasteiger partial charge in [-0.25, -0.2) is 9.18 Å². The molecule has 1 aliphatic rings. The molecule has 0 spiro atoms. The van der Waals surface area contributed by atoms with E-state index in [4.69, 9.17) is 9.47 Å². The molecule has 0 radical (unpaired) electrons. The largest absolute Gasteiger partial charge is 0.489 e. The van der Waals surface area contributed by atoms with Gasteiger partial charge in [0.05, 0.1) is 7.11 Å². The van der Waals surface area contributed by atoms with Crippen LogP contribution >= 0.6 is 0 Å². The Kier molecular flexibility index (Phi) is 7.37. The van der Waals surface area contributed by atoms with Crippen LogP contribution in [0.1, 0.15) is 42.0 Å². The van der Waals surface area contributed by atoms with Gasteiger partial charge in [-0.05, 0) is 59.5 Å². The van der Waals surface area contributed by atoms with E-state index < -0.39 is 5.97 Å². The SMILES string of the molecule is COC(=O)COc1ccc(F)c(C2CC(CNC(C)c3cccc4ccccc34)Oc3ccccc32)c1. The number of hydrogen-bond acceptors (Lipinski definition) is 5. The Morgan fingerprint density at radius 3 is 2.68 bits per heavy atom. The molecule has 0 saturated heterocycles. The molecule has 1 N–H and O–H groups in total. The lowest BCUT2D eigenvalue weighted by atomic mass is 9.83. The van der Waals surface area contributed by atoms with E-state index in [1.807, 2.05) is 30.3 Å². The Balaban J connectivity index is 1.36. The van der Waals surface area contributed by atoms with Crippen molar-refractivity contribution < 1.29 is 23.4 Å². The predicted molar refractivity (Wildman–Crippen MR) is 142 cm³/mol. The average Bonchev–Trinajstić information content (AvgIpc) is 2.94. The molecule has 4 aromatic rings. The molecule has 0 saturated carbocycles. The van der Waals surface area contributed by atoms with Gasteiger partial charge in [0, 0.05) is 24.1 Å². The minimum absolute atomic E-state index is 0.108. The molecule has 37 heavy (non-hydrogen) atoms. The highest BCUT2D eigenvalue weighted by Crippen LogP contribution is 2.42. The number of hydrogen-bond donors (Lipinski definition) is 1. The Hall–Kier alpha value is -3.90. The van der Waals surface area contributed by atoms with Crippen LogP contribution in [-0.2, 0) is 9.53 Å². The number of halogens is 1. The van der Waals surface area contributed by atoms with E-state index in [9.17, 15) is 4.79 Å². The number of ether oxygens (including phenoxy) is 3. The number of nitrogens with one attached hydrogen (secondary N) is 1. The summed E-state index contributed by atoms with van der Waals surface area (Å²) in [6.45, 7) is 2.53. The molecule has 6 heteroatoms. The standard InChI is InChI=1S/C31H30FNO4/c1-20(24-12-7-9-21-8-3-4-10-25(21)24)33-18-23-17-27(26-11-5-6-13-30(26)37-23)28-16-22(14-15-29(28)32)36-19-31(34)35-2/h3-16,20,23,27,33H,17-19H2,1-2H3. The maximum absolute atomic E-state index is 15.1. The maximum Gasteiger partial charge on any atom is 0.343 e. The van der Waals surface area contributed by atoms with Gasteiger partial charge < -0.3 is 19.5 Å². The maximum atomic E-state index is 15.1. The molecule has 4 aromatic carbocycles. The quantitative estimate of drug-likeness (QED) is 0.294. The first kappa shape index (κ1) is 24.8. The van der Waals surface area contributed by atoms with E-state index in [1.54, 1.807) is 6.07 Å². The highest BCUT2D eigenvalue weighted by molar-refractivity contribution is 5.86. The van der Waals surface area contributed by atoms with Gasteiger partial charge in [0.2, 0.25) is 0 Å². The van der Waals surface area contributed by atoms with Gasteiger partial charge in [-0.1, -0.05) is 60.7 Å². The molecule has 0 fully saturated rings. The van der Waals surface area contributed by atoms with Crippen molar-refractivity contribution in [2.75, 3.05) is 20.3 Å². The first-order valence-corrected chi connectivity index (χ1v) is 12.5. The fourth-order valence-electron chi connectivity index (χ4n) is 5.04. The van der Waals surface area contributed by atoms with Gasteiger partial charge in [0.15, 0.2) is 6.61 Å². The molecule has 5 rings (SSSR count). The summed E-state index contributed by atoms with van der Waals surface area (Å²) in [5, 5.41) is 6.07. The zero-order valence-corrected chi connectivity index (χ0v) is 20.9. The highest BCUT2D eigenvalue weighted by atomic mass is 19.1. The van der Waals surface area contributed by atoms with Crippen molar-refractivity contribution in [2.24, 2.45) is 0 Å². The van der Waals surface area contributed by atoms with Gasteiger partial charge >= 0.3 is 5.97 Å². The molecule has 3 unspecified atom stereocenters. The third-order valence-electron chi connectivity index (χ3n) is 6.96. The van der Waals surface area contributed by atoms with Crippen LogP contribution in [0, 0.1) is 5.82 Å². The van der Waals surface area contributed by atoms with Crippen LogP contribution in [-0.4, -0.2) is 32.3 Å². The van der Waals surface area contributed by atoms with Gasteiger partial charge in [-0.3, -0.25) is 0 Å². The fraction of sp³-hybridized carbons (Fsp3) is 0.258. The average molecular weight is 500 g/mol. The summed E-state index contributed by atoms with van der Waals surface area (Å²) in [7, 11) is 1.30. The summed E-state index contributed by atoms with van der Waals surface area (Å²) in [4.78, 5) is 11.5. The topological polar surface area (TPSA) is 56.8 Å². The number of fused-ring (bicyclic) bond motifs is 2. The second-order valence-electron chi connectivity index (χ2n) is 9.31. The van der Waals surface area contributed by atoms with Gasteiger partial charge in [0.1, 0.15) is 23.4 Å². The van der Waals surface area contributed by atoms with Crippen LogP contribution in [0.3, 0.4) is 0 Å². The Bertz CT molecular complexity index is 1400. The van der Waals surface area contributed by atoms with Crippen molar-refractivity contribution in [3.8, 4) is 11.5 Å². The van der Waals surface area contributed by atoms with Crippen LogP contribution < -0.4 is 14.8 Å². The second-order valence-corrected chi connectivity index (χ2v) is 9.31. The smallest absolute Gasteiger partial charge is 0.343 e. The highest BCUT2D eigenvalue weighted by Gasteiger charge is 2.31. The lowest BCUT2D eigenvalue weighted by molar-refractivity contribution is -0.142. The normalized spacial score (nSPS) is 17.5. The molecule has 1 aliphatic heterocycles. The molecule has 0 aromatic heterocycles. The van der Waals surface area contributed by atoms with E-state index in [1.165, 1.54) is 35.6 Å². The number of esters is 1. The Labute approximate surface area is 216 Å². The minimum atomic E-state index is -0.492. The summed E-state index contributed by atoms with van der Waals surface area (Å²) in [6, 6.07) is 27.2. The van der Waals surface area contributed by atoms with Crippen molar-refractivity contribution >= 4 is 16.7 Å². The summed E-state index contributed by atoms with van der Waals surface area (Å²) >= 11 is 0. The lowest BCUT2D eigenvalue weighted by Gasteiger charge is -2.33. The van der Waals surface area contributed by atoms with Gasteiger partial charge in [0.25, 0.3) is 0 Å². The van der Waals surface area contributed by atoms with E-state index in [0.29, 0.717) is 24.3 Å². The number of carbonyl (C=O) groups is 1. The second kappa shape index (κ2) is 11.0. The van der Waals surface area contributed by atoms with Gasteiger partial charge in [-0.2, -0.15) is 0 Å². The molecule has 3 atom stereocenters. The third-order valence-corrected chi connectivity index (χ3v) is 6.96. The predicted octanol–water partition coefficient (Wildman–Crippen LogP) is 6.16. The molecule has 0 bridgehead atoms. The van der Waals surface area contributed by atoms with E-state index in [-0.39, 0.29) is 30.5 Å². The molecular weight excluding hydrogens is 469 g/mol. The first-order chi connectivity index (χ1) is 18.0. The summed E-state index contributed by atoms with van der Waals surface area (Å²) in [5.74, 6) is 0.150. The van der Waals surface area contributed by atoms with Crippen LogP contribution in [0.2, 0.25) is 0 Å². The molecule has 5 nitrogen and oxygen atoms in total. The van der Waals surface area contributed by atoms with Crippen LogP contribution in [0.4, 0.5) is 4.39 Å². The molecule has 1 heterocycles. The number of benzene rings is 4. The number of methoxy groups -OCH3 is 1. The lowest BCUT2D eigenvalue weighted by Crippen LogP contribution is -2.37. The number of carbonyl (C=O) groups excluding carboxylic acids is 1. The molecule has 0 amide bonds. The van der Waals surface area contributed by atoms with Crippen molar-refractivity contribution in [3.63, 3.8) is 0 Å². The van der Waals surface area contributed by atoms with Crippen molar-refractivity contribution in [1.82, 2.24) is 5.32 Å². The van der Waals surface area contributed by atoms with Crippen molar-refractivity contribution in [1.29, 1.82) is 0 Å². The Morgan fingerprint density at radius 1 is 1.03 bits per heavy atom. The summed E-state index contributed by atoms with van der Waals surface area (Å²) < 4.78 is 31.6. The monoisotopic (exact) mass is 499 g/mol. The fourth-order valence-corrected chi connectivity index (χ4v) is 5.04.